The maximum absolute atomic E-state index is 10.2. The van der Waals surface area contributed by atoms with Crippen molar-refractivity contribution in [2.45, 2.75) is 86.2 Å². The number of benzene rings is 2. The van der Waals surface area contributed by atoms with Crippen molar-refractivity contribution in [1.29, 1.82) is 0 Å². The molecule has 0 amide bonds. The first kappa shape index (κ1) is 36.3. The summed E-state index contributed by atoms with van der Waals surface area (Å²) in [6, 6.07) is 7.99. The molecule has 0 bridgehead atoms. The number of phenols is 2. The molecular formula is C27H45ClMnN2O2. The van der Waals surface area contributed by atoms with Crippen LogP contribution in [0.15, 0.2) is 24.3 Å². The van der Waals surface area contributed by atoms with Gasteiger partial charge in [-0.05, 0) is 47.9 Å². The van der Waals surface area contributed by atoms with Crippen molar-refractivity contribution in [2.75, 3.05) is 6.54 Å². The van der Waals surface area contributed by atoms with Crippen LogP contribution in [0.4, 0.5) is 0 Å². The molecule has 0 aliphatic rings. The van der Waals surface area contributed by atoms with Gasteiger partial charge >= 0.3 is 17.1 Å². The van der Waals surface area contributed by atoms with E-state index in [0.717, 1.165) is 40.9 Å². The maximum Gasteiger partial charge on any atom is 2.00 e. The van der Waals surface area contributed by atoms with Crippen LogP contribution in [0.3, 0.4) is 0 Å². The van der Waals surface area contributed by atoms with Gasteiger partial charge in [-0.25, -0.2) is 0 Å². The van der Waals surface area contributed by atoms with Crippen LogP contribution in [0.2, 0.25) is 0 Å². The smallest absolute Gasteiger partial charge is 0.674 e. The first-order valence-corrected chi connectivity index (χ1v) is 10.7. The van der Waals surface area contributed by atoms with Gasteiger partial charge in [0.2, 0.25) is 0 Å². The van der Waals surface area contributed by atoms with Crippen molar-refractivity contribution < 1.29 is 27.3 Å². The Morgan fingerprint density at radius 3 is 1.48 bits per heavy atom. The van der Waals surface area contributed by atoms with Gasteiger partial charge in [-0.3, -0.25) is 0 Å². The molecule has 189 valence electrons. The molecule has 6 heteroatoms. The molecular weight excluding hydrogens is 475 g/mol. The number of aromatic hydroxyl groups is 2. The van der Waals surface area contributed by atoms with E-state index in [1.54, 1.807) is 0 Å². The topological polar surface area (TPSA) is 76.3 Å². The zero-order valence-electron chi connectivity index (χ0n) is 22.1. The van der Waals surface area contributed by atoms with Gasteiger partial charge in [0.15, 0.2) is 0 Å². The predicted molar refractivity (Wildman–Crippen MR) is 142 cm³/mol. The van der Waals surface area contributed by atoms with E-state index in [9.17, 15) is 10.2 Å². The minimum absolute atomic E-state index is 0. The molecule has 0 fully saturated rings. The number of nitrogens with one attached hydrogen (secondary N) is 2. The van der Waals surface area contributed by atoms with E-state index in [1.165, 1.54) is 5.56 Å². The van der Waals surface area contributed by atoms with Gasteiger partial charge in [0.25, 0.3) is 0 Å². The molecule has 0 heterocycles. The number of rotatable bonds is 4. The summed E-state index contributed by atoms with van der Waals surface area (Å²) in [6.07, 6.45) is 0. The molecule has 0 saturated heterocycles. The van der Waals surface area contributed by atoms with E-state index < -0.39 is 0 Å². The average molecular weight is 520 g/mol. The Morgan fingerprint density at radius 2 is 1.15 bits per heavy atom. The normalized spacial score (nSPS) is 10.7. The summed E-state index contributed by atoms with van der Waals surface area (Å²) in [5.74, 6) is 0.733. The van der Waals surface area contributed by atoms with Gasteiger partial charge in [-0.2, -0.15) is 0 Å². The van der Waals surface area contributed by atoms with E-state index in [0.29, 0.717) is 5.75 Å². The zero-order valence-corrected chi connectivity index (χ0v) is 24.1. The molecule has 33 heavy (non-hydrogen) atoms. The maximum atomic E-state index is 10.2. The second-order valence-electron chi connectivity index (χ2n) is 10.1. The van der Waals surface area contributed by atoms with Crippen LogP contribution in [-0.2, 0) is 41.0 Å². The molecule has 1 radical (unpaired) electrons. The van der Waals surface area contributed by atoms with Crippen molar-refractivity contribution in [2.24, 2.45) is 0 Å². The molecule has 4 N–H and O–H groups in total. The van der Waals surface area contributed by atoms with E-state index >= 15 is 0 Å². The quantitative estimate of drug-likeness (QED) is 0.288. The summed E-state index contributed by atoms with van der Waals surface area (Å²) < 4.78 is 0. The van der Waals surface area contributed by atoms with Crippen LogP contribution in [0, 0.1) is 21.3 Å². The van der Waals surface area contributed by atoms with Crippen LogP contribution in [-0.4, -0.2) is 16.8 Å². The van der Waals surface area contributed by atoms with Gasteiger partial charge in [-0.15, -0.1) is 19.0 Å². The number of aryl methyl sites for hydroxylation is 2. The summed E-state index contributed by atoms with van der Waals surface area (Å²) >= 11 is 0. The van der Waals surface area contributed by atoms with Gasteiger partial charge in [0.05, 0.1) is 0 Å². The number of phenolic OH excluding ortho intramolecular Hbond substituents is 2. The molecule has 0 atom stereocenters. The van der Waals surface area contributed by atoms with E-state index in [4.69, 9.17) is 5.73 Å². The number of hydrogen-bond acceptors (Lipinski definition) is 3. The van der Waals surface area contributed by atoms with Crippen molar-refractivity contribution in [3.63, 3.8) is 0 Å². The van der Waals surface area contributed by atoms with Crippen molar-refractivity contribution in [3.8, 4) is 11.5 Å². The molecule has 0 aliphatic carbocycles. The third-order valence-electron chi connectivity index (χ3n) is 5.04. The van der Waals surface area contributed by atoms with Gasteiger partial charge in [-0.1, -0.05) is 83.9 Å². The molecule has 0 spiro atoms. The Morgan fingerprint density at radius 1 is 0.788 bits per heavy atom. The van der Waals surface area contributed by atoms with Crippen LogP contribution in [0.5, 0.6) is 11.5 Å². The molecule has 2 aromatic carbocycles. The Bertz CT molecular complexity index is 857. The van der Waals surface area contributed by atoms with E-state index in [-0.39, 0.29) is 60.0 Å². The Hall–Kier alpha value is -1.23. The molecule has 0 unspecified atom stereocenters. The SMILES string of the molecule is CCNCc1cc(C)cc(C(C)(C)C)c1O.Cc1cc(C[NH-])c(O)c(C(C)(C)C)c1.Cl.[CH3-].[Mn+2]. The molecule has 2 aromatic rings. The van der Waals surface area contributed by atoms with E-state index in [1.807, 2.05) is 25.1 Å². The fourth-order valence-corrected chi connectivity index (χ4v) is 3.38. The minimum atomic E-state index is -0.0694. The molecule has 0 aliphatic heterocycles. The Balaban J connectivity index is -0.000000503. The third kappa shape index (κ3) is 10.7. The first-order chi connectivity index (χ1) is 13.7. The minimum Gasteiger partial charge on any atom is -0.674 e. The van der Waals surface area contributed by atoms with Crippen molar-refractivity contribution >= 4 is 12.4 Å². The van der Waals surface area contributed by atoms with Crippen LogP contribution in [0.1, 0.15) is 81.8 Å². The van der Waals surface area contributed by atoms with Crippen molar-refractivity contribution in [1.82, 2.24) is 5.32 Å². The summed E-state index contributed by atoms with van der Waals surface area (Å²) in [6.45, 7) is 20.5. The fraction of sp³-hybridized carbons (Fsp3) is 0.519. The van der Waals surface area contributed by atoms with Crippen LogP contribution < -0.4 is 5.32 Å². The Kier molecular flexibility index (Phi) is 16.4. The molecule has 0 aromatic heterocycles. The average Bonchev–Trinajstić information content (AvgIpc) is 2.62. The third-order valence-corrected chi connectivity index (χ3v) is 5.04. The summed E-state index contributed by atoms with van der Waals surface area (Å²) in [7, 11) is 0. The van der Waals surface area contributed by atoms with Crippen LogP contribution in [0.25, 0.3) is 5.73 Å². The number of hydrogen-bond donors (Lipinski definition) is 3. The van der Waals surface area contributed by atoms with Crippen molar-refractivity contribution in [3.05, 3.63) is 70.8 Å². The summed E-state index contributed by atoms with van der Waals surface area (Å²) in [4.78, 5) is 0. The largest absolute Gasteiger partial charge is 2.00 e. The summed E-state index contributed by atoms with van der Waals surface area (Å²) in [5.41, 5.74) is 13.2. The standard InChI is InChI=1S/C14H23NO.C12H18NO.CH3.ClH.Mn/c1-6-15-9-11-7-10(2)8-12(13(11)16)14(3,4)5;1-8-5-9(7-13)11(14)10(6-8)12(2,3)4;;;/h7-8,15-16H,6,9H2,1-5H3;5-6,13-14H,7H2,1-4H3;1H3;1H;/q;2*-1;;+2. The van der Waals surface area contributed by atoms with Gasteiger partial charge in [0.1, 0.15) is 11.5 Å². The molecule has 0 saturated carbocycles. The van der Waals surface area contributed by atoms with Gasteiger partial charge in [0, 0.05) is 12.1 Å². The van der Waals surface area contributed by atoms with Gasteiger partial charge < -0.3 is 28.7 Å². The number of halogens is 1. The molecule has 4 nitrogen and oxygen atoms in total. The zero-order chi connectivity index (χ0) is 23.3. The monoisotopic (exact) mass is 519 g/mol. The second-order valence-corrected chi connectivity index (χ2v) is 10.1. The Labute approximate surface area is 219 Å². The second kappa shape index (κ2) is 14.9. The molecule has 2 rings (SSSR count). The summed E-state index contributed by atoms with van der Waals surface area (Å²) in [5, 5.41) is 23.4. The van der Waals surface area contributed by atoms with Crippen LogP contribution >= 0.6 is 12.4 Å². The predicted octanol–water partition coefficient (Wildman–Crippen LogP) is 7.53. The van der Waals surface area contributed by atoms with E-state index in [2.05, 4.69) is 66.8 Å². The fourth-order valence-electron chi connectivity index (χ4n) is 3.38. The first-order valence-electron chi connectivity index (χ1n) is 10.7.